The highest BCUT2D eigenvalue weighted by molar-refractivity contribution is 5.89. The summed E-state index contributed by atoms with van der Waals surface area (Å²) in [5, 5.41) is 0. The summed E-state index contributed by atoms with van der Waals surface area (Å²) in [4.78, 5) is 11.7. The second-order valence-corrected chi connectivity index (χ2v) is 6.74. The summed E-state index contributed by atoms with van der Waals surface area (Å²) in [6.07, 6.45) is 0.542. The summed E-state index contributed by atoms with van der Waals surface area (Å²) in [6, 6.07) is 0. The van der Waals surface area contributed by atoms with Crippen molar-refractivity contribution in [1.29, 1.82) is 0 Å². The van der Waals surface area contributed by atoms with Gasteiger partial charge in [-0.3, -0.25) is 0 Å². The van der Waals surface area contributed by atoms with Gasteiger partial charge < -0.3 is 4.74 Å². The lowest BCUT2D eigenvalue weighted by atomic mass is 9.73. The van der Waals surface area contributed by atoms with Crippen molar-refractivity contribution in [3.05, 3.63) is 12.2 Å². The lowest BCUT2D eigenvalue weighted by Gasteiger charge is -2.39. The van der Waals surface area contributed by atoms with Crippen LogP contribution in [0.15, 0.2) is 12.2 Å². The Hall–Kier alpha value is -1.00. The lowest BCUT2D eigenvalue weighted by Crippen LogP contribution is -2.43. The fraction of sp³-hybridized carbons (Fsp3) is 0.800. The molecule has 4 unspecified atom stereocenters. The molecule has 5 heteroatoms. The summed E-state index contributed by atoms with van der Waals surface area (Å²) in [5.74, 6) is 0.680. The number of hydrogen-bond donors (Lipinski definition) is 0. The highest BCUT2D eigenvalue weighted by atomic mass is 19.4. The average molecular weight is 288 g/mol. The van der Waals surface area contributed by atoms with E-state index in [1.54, 1.807) is 6.92 Å². The molecule has 5 atom stereocenters. The molecule has 0 radical (unpaired) electrons. The molecular weight excluding hydrogens is 269 g/mol. The lowest BCUT2D eigenvalue weighted by molar-refractivity contribution is -0.171. The summed E-state index contributed by atoms with van der Waals surface area (Å²) in [7, 11) is 0. The first-order valence-corrected chi connectivity index (χ1v) is 7.22. The highest BCUT2D eigenvalue weighted by Gasteiger charge is 2.61. The van der Waals surface area contributed by atoms with Crippen LogP contribution >= 0.6 is 0 Å². The Balaban J connectivity index is 1.72. The predicted molar refractivity (Wildman–Crippen MR) is 66.7 cm³/mol. The van der Waals surface area contributed by atoms with E-state index in [-0.39, 0.29) is 5.92 Å². The van der Waals surface area contributed by atoms with Gasteiger partial charge in [0.05, 0.1) is 0 Å². The largest absolute Gasteiger partial charge is 0.455 e. The number of halogens is 3. The molecular formula is C15H19F3O2. The van der Waals surface area contributed by atoms with E-state index in [0.717, 1.165) is 12.8 Å². The van der Waals surface area contributed by atoms with E-state index >= 15 is 0 Å². The molecule has 0 saturated heterocycles. The van der Waals surface area contributed by atoms with Crippen LogP contribution in [-0.2, 0) is 9.53 Å². The number of carbonyl (C=O) groups excluding carboxylic acids is 1. The van der Waals surface area contributed by atoms with E-state index in [1.807, 2.05) is 0 Å². The maximum atomic E-state index is 12.5. The molecule has 0 aromatic carbocycles. The minimum absolute atomic E-state index is 0.227. The van der Waals surface area contributed by atoms with Gasteiger partial charge in [0.2, 0.25) is 0 Å². The van der Waals surface area contributed by atoms with Gasteiger partial charge in [-0.1, -0.05) is 13.0 Å². The first-order valence-electron chi connectivity index (χ1n) is 7.22. The van der Waals surface area contributed by atoms with E-state index in [0.29, 0.717) is 24.2 Å². The Morgan fingerprint density at radius 2 is 1.95 bits per heavy atom. The van der Waals surface area contributed by atoms with Gasteiger partial charge in [0.15, 0.2) is 0 Å². The fourth-order valence-electron chi connectivity index (χ4n) is 4.89. The van der Waals surface area contributed by atoms with Gasteiger partial charge in [-0.25, -0.2) is 4.79 Å². The first kappa shape index (κ1) is 14.0. The third-order valence-electron chi connectivity index (χ3n) is 5.67. The number of alkyl halides is 3. The van der Waals surface area contributed by atoms with Crippen molar-refractivity contribution in [2.45, 2.75) is 50.8 Å². The summed E-state index contributed by atoms with van der Waals surface area (Å²) in [5.41, 5.74) is -2.13. The molecule has 20 heavy (non-hydrogen) atoms. The number of esters is 1. The summed E-state index contributed by atoms with van der Waals surface area (Å²) >= 11 is 0. The molecule has 3 rings (SSSR count). The zero-order chi connectivity index (χ0) is 14.7. The number of fused-ring (bicyclic) bond motifs is 5. The molecule has 0 aromatic rings. The predicted octanol–water partition coefficient (Wildman–Crippen LogP) is 3.86. The second-order valence-electron chi connectivity index (χ2n) is 6.74. The molecule has 2 bridgehead atoms. The van der Waals surface area contributed by atoms with Crippen LogP contribution in [0.5, 0.6) is 0 Å². The van der Waals surface area contributed by atoms with E-state index in [1.165, 1.54) is 12.8 Å². The number of ether oxygens (including phenoxy) is 1. The molecule has 2 nitrogen and oxygen atoms in total. The minimum Gasteiger partial charge on any atom is -0.455 e. The monoisotopic (exact) mass is 288 g/mol. The standard InChI is InChI=1S/C15H19F3O2/c1-8(15(16,17)18)13(19)20-14(2)7-9-6-12(14)11-5-3-4-10(9)11/h9-12H,1,3-7H2,2H3/t9?,10?,11?,12?,14-/m0/s1. The van der Waals surface area contributed by atoms with E-state index in [9.17, 15) is 18.0 Å². The van der Waals surface area contributed by atoms with Crippen molar-refractivity contribution < 1.29 is 22.7 Å². The number of hydrogen-bond acceptors (Lipinski definition) is 2. The first-order chi connectivity index (χ1) is 9.22. The van der Waals surface area contributed by atoms with Crippen LogP contribution in [0.3, 0.4) is 0 Å². The van der Waals surface area contributed by atoms with E-state index in [4.69, 9.17) is 4.74 Å². The molecule has 0 spiro atoms. The Morgan fingerprint density at radius 1 is 1.30 bits per heavy atom. The smallest absolute Gasteiger partial charge is 0.422 e. The Morgan fingerprint density at radius 3 is 2.60 bits per heavy atom. The van der Waals surface area contributed by atoms with Crippen molar-refractivity contribution in [2.24, 2.45) is 23.7 Å². The zero-order valence-electron chi connectivity index (χ0n) is 11.5. The topological polar surface area (TPSA) is 26.3 Å². The van der Waals surface area contributed by atoms with Gasteiger partial charge >= 0.3 is 12.1 Å². The SMILES string of the molecule is C=C(C(=O)O[C@@]1(C)CC2CC1C1CCCC21)C(F)(F)F. The molecule has 112 valence electrons. The quantitative estimate of drug-likeness (QED) is 0.569. The average Bonchev–Trinajstić information content (AvgIpc) is 2.96. The fourth-order valence-corrected chi connectivity index (χ4v) is 4.89. The Kier molecular flexibility index (Phi) is 2.96. The van der Waals surface area contributed by atoms with Crippen LogP contribution in [0.4, 0.5) is 13.2 Å². The minimum atomic E-state index is -4.71. The van der Waals surface area contributed by atoms with E-state index < -0.39 is 23.3 Å². The molecule has 3 saturated carbocycles. The molecule has 3 aliphatic rings. The third kappa shape index (κ3) is 1.97. The Labute approximate surface area is 116 Å². The summed E-state index contributed by atoms with van der Waals surface area (Å²) < 4.78 is 42.8. The van der Waals surface area contributed by atoms with Crippen LogP contribution in [0, 0.1) is 23.7 Å². The molecule has 3 aliphatic carbocycles. The van der Waals surface area contributed by atoms with Crippen LogP contribution in [0.2, 0.25) is 0 Å². The van der Waals surface area contributed by atoms with Gasteiger partial charge in [-0.2, -0.15) is 13.2 Å². The van der Waals surface area contributed by atoms with Crippen LogP contribution in [0.1, 0.15) is 39.0 Å². The summed E-state index contributed by atoms with van der Waals surface area (Å²) in [6.45, 7) is 4.63. The van der Waals surface area contributed by atoms with Crippen molar-refractivity contribution >= 4 is 5.97 Å². The maximum absolute atomic E-state index is 12.5. The third-order valence-corrected chi connectivity index (χ3v) is 5.67. The van der Waals surface area contributed by atoms with Crippen molar-refractivity contribution in [3.63, 3.8) is 0 Å². The van der Waals surface area contributed by atoms with Gasteiger partial charge in [-0.15, -0.1) is 0 Å². The molecule has 0 amide bonds. The molecule has 0 heterocycles. The Bertz CT molecular complexity index is 457. The maximum Gasteiger partial charge on any atom is 0.422 e. The van der Waals surface area contributed by atoms with Gasteiger partial charge in [0.25, 0.3) is 0 Å². The molecule has 3 fully saturated rings. The van der Waals surface area contributed by atoms with Crippen LogP contribution < -0.4 is 0 Å². The van der Waals surface area contributed by atoms with E-state index in [2.05, 4.69) is 6.58 Å². The van der Waals surface area contributed by atoms with Crippen molar-refractivity contribution in [3.8, 4) is 0 Å². The van der Waals surface area contributed by atoms with Gasteiger partial charge in [0.1, 0.15) is 11.2 Å². The normalized spacial score (nSPS) is 42.6. The zero-order valence-corrected chi connectivity index (χ0v) is 11.5. The molecule has 0 aromatic heterocycles. The van der Waals surface area contributed by atoms with Crippen LogP contribution in [0.25, 0.3) is 0 Å². The van der Waals surface area contributed by atoms with Crippen molar-refractivity contribution in [1.82, 2.24) is 0 Å². The molecule has 0 aliphatic heterocycles. The number of carbonyl (C=O) groups is 1. The van der Waals surface area contributed by atoms with Gasteiger partial charge in [-0.05, 0) is 50.4 Å². The van der Waals surface area contributed by atoms with Crippen LogP contribution in [-0.4, -0.2) is 17.7 Å². The van der Waals surface area contributed by atoms with Crippen molar-refractivity contribution in [2.75, 3.05) is 0 Å². The van der Waals surface area contributed by atoms with Gasteiger partial charge in [0, 0.05) is 5.92 Å². The number of rotatable bonds is 2. The highest BCUT2D eigenvalue weighted by Crippen LogP contribution is 2.63. The second kappa shape index (κ2) is 4.25. The molecule has 0 N–H and O–H groups in total.